The van der Waals surface area contributed by atoms with Crippen LogP contribution in [-0.4, -0.2) is 24.8 Å². The molecule has 0 spiro atoms. The van der Waals surface area contributed by atoms with E-state index in [2.05, 4.69) is 33.8 Å². The standard InChI is InChI=1S/C21H36O3/c1-15(11-14-22)7-9-17-16(19(23)24-5)8-10-18-20(2,3)12-6-13-21(17,18)4/h8,15,17-18,22H,6-7,9-14H2,1-5H3. The highest BCUT2D eigenvalue weighted by Crippen LogP contribution is 2.60. The molecule has 4 atom stereocenters. The summed E-state index contributed by atoms with van der Waals surface area (Å²) in [6.07, 6.45) is 9.82. The molecule has 2 aliphatic carbocycles. The Balaban J connectivity index is 2.29. The third kappa shape index (κ3) is 3.71. The SMILES string of the molecule is COC(=O)C1=CCC2C(C)(C)CCCC2(C)C1CCC(C)CCO. The minimum atomic E-state index is -0.141. The van der Waals surface area contributed by atoms with Crippen LogP contribution in [0.1, 0.15) is 72.6 Å². The highest BCUT2D eigenvalue weighted by molar-refractivity contribution is 5.89. The van der Waals surface area contributed by atoms with Crippen molar-refractivity contribution in [2.24, 2.45) is 28.6 Å². The van der Waals surface area contributed by atoms with Crippen molar-refractivity contribution in [2.75, 3.05) is 13.7 Å². The van der Waals surface area contributed by atoms with E-state index in [4.69, 9.17) is 4.74 Å². The molecule has 3 heteroatoms. The third-order valence-corrected chi connectivity index (χ3v) is 7.01. The molecule has 0 radical (unpaired) electrons. The molecule has 24 heavy (non-hydrogen) atoms. The van der Waals surface area contributed by atoms with Crippen LogP contribution in [0, 0.1) is 28.6 Å². The number of hydrogen-bond donors (Lipinski definition) is 1. The number of hydrogen-bond acceptors (Lipinski definition) is 3. The number of carbonyl (C=O) groups is 1. The predicted molar refractivity (Wildman–Crippen MR) is 97.5 cm³/mol. The summed E-state index contributed by atoms with van der Waals surface area (Å²) in [6, 6.07) is 0. The maximum absolute atomic E-state index is 12.4. The molecule has 0 bridgehead atoms. The van der Waals surface area contributed by atoms with Gasteiger partial charge in [-0.05, 0) is 60.7 Å². The molecule has 0 aromatic heterocycles. The molecule has 0 saturated heterocycles. The van der Waals surface area contributed by atoms with Crippen molar-refractivity contribution in [1.82, 2.24) is 0 Å². The summed E-state index contributed by atoms with van der Waals surface area (Å²) in [5, 5.41) is 9.17. The van der Waals surface area contributed by atoms with Crippen LogP contribution in [0.15, 0.2) is 11.6 Å². The number of rotatable bonds is 6. The zero-order valence-corrected chi connectivity index (χ0v) is 16.2. The first-order valence-corrected chi connectivity index (χ1v) is 9.65. The van der Waals surface area contributed by atoms with Gasteiger partial charge in [-0.15, -0.1) is 0 Å². The summed E-state index contributed by atoms with van der Waals surface area (Å²) in [6.45, 7) is 9.66. The molecule has 1 fully saturated rings. The number of esters is 1. The number of aliphatic hydroxyl groups is 1. The van der Waals surface area contributed by atoms with Gasteiger partial charge < -0.3 is 9.84 Å². The fourth-order valence-electron chi connectivity index (χ4n) is 5.56. The van der Waals surface area contributed by atoms with Crippen molar-refractivity contribution in [3.05, 3.63) is 11.6 Å². The number of allylic oxidation sites excluding steroid dienone is 1. The monoisotopic (exact) mass is 336 g/mol. The molecule has 0 heterocycles. The molecule has 0 aliphatic heterocycles. The first-order chi connectivity index (χ1) is 11.3. The summed E-state index contributed by atoms with van der Waals surface area (Å²) in [5.74, 6) is 1.27. The van der Waals surface area contributed by atoms with Gasteiger partial charge in [-0.25, -0.2) is 4.79 Å². The van der Waals surface area contributed by atoms with E-state index in [1.54, 1.807) is 0 Å². The van der Waals surface area contributed by atoms with E-state index in [1.807, 2.05) is 0 Å². The lowest BCUT2D eigenvalue weighted by Gasteiger charge is -2.56. The molecular weight excluding hydrogens is 300 g/mol. The van der Waals surface area contributed by atoms with Gasteiger partial charge in [-0.1, -0.05) is 46.6 Å². The number of methoxy groups -OCH3 is 1. The smallest absolute Gasteiger partial charge is 0.333 e. The lowest BCUT2D eigenvalue weighted by Crippen LogP contribution is -2.49. The Morgan fingerprint density at radius 3 is 2.67 bits per heavy atom. The van der Waals surface area contributed by atoms with Crippen LogP contribution in [0.5, 0.6) is 0 Å². The average molecular weight is 337 g/mol. The second-order valence-corrected chi connectivity index (χ2v) is 9.03. The van der Waals surface area contributed by atoms with Gasteiger partial charge in [0.1, 0.15) is 0 Å². The van der Waals surface area contributed by atoms with Crippen molar-refractivity contribution < 1.29 is 14.6 Å². The topological polar surface area (TPSA) is 46.5 Å². The summed E-state index contributed by atoms with van der Waals surface area (Å²) in [5.41, 5.74) is 1.42. The summed E-state index contributed by atoms with van der Waals surface area (Å²) < 4.78 is 5.10. The van der Waals surface area contributed by atoms with Crippen molar-refractivity contribution in [2.45, 2.75) is 72.6 Å². The van der Waals surface area contributed by atoms with Crippen LogP contribution < -0.4 is 0 Å². The molecule has 0 aromatic rings. The average Bonchev–Trinajstić information content (AvgIpc) is 2.51. The van der Waals surface area contributed by atoms with Crippen LogP contribution in [0.25, 0.3) is 0 Å². The maximum atomic E-state index is 12.4. The Morgan fingerprint density at radius 1 is 1.33 bits per heavy atom. The number of aliphatic hydroxyl groups excluding tert-OH is 1. The quantitative estimate of drug-likeness (QED) is 0.713. The minimum absolute atomic E-state index is 0.141. The second kappa shape index (κ2) is 7.59. The number of carbonyl (C=O) groups excluding carboxylic acids is 1. The van der Waals surface area contributed by atoms with Gasteiger partial charge >= 0.3 is 5.97 Å². The normalized spacial score (nSPS) is 33.3. The fourth-order valence-corrected chi connectivity index (χ4v) is 5.56. The second-order valence-electron chi connectivity index (χ2n) is 9.03. The van der Waals surface area contributed by atoms with E-state index in [9.17, 15) is 9.90 Å². The summed E-state index contributed by atoms with van der Waals surface area (Å²) >= 11 is 0. The first-order valence-electron chi connectivity index (χ1n) is 9.65. The van der Waals surface area contributed by atoms with Gasteiger partial charge in [-0.3, -0.25) is 0 Å². The lowest BCUT2D eigenvalue weighted by molar-refractivity contribution is -0.139. The van der Waals surface area contributed by atoms with Gasteiger partial charge in [0.2, 0.25) is 0 Å². The molecule has 1 saturated carbocycles. The van der Waals surface area contributed by atoms with E-state index < -0.39 is 0 Å². The third-order valence-electron chi connectivity index (χ3n) is 7.01. The summed E-state index contributed by atoms with van der Waals surface area (Å²) in [7, 11) is 1.49. The molecule has 1 N–H and O–H groups in total. The van der Waals surface area contributed by atoms with Gasteiger partial charge in [0.25, 0.3) is 0 Å². The van der Waals surface area contributed by atoms with Gasteiger partial charge in [-0.2, -0.15) is 0 Å². The summed E-state index contributed by atoms with van der Waals surface area (Å²) in [4.78, 5) is 12.4. The predicted octanol–water partition coefficient (Wildman–Crippen LogP) is 4.74. The first kappa shape index (κ1) is 19.5. The number of ether oxygens (including phenoxy) is 1. The molecule has 0 aromatic carbocycles. The van der Waals surface area contributed by atoms with E-state index in [-0.39, 0.29) is 23.9 Å². The highest BCUT2D eigenvalue weighted by Gasteiger charge is 2.53. The van der Waals surface area contributed by atoms with Crippen LogP contribution in [-0.2, 0) is 9.53 Å². The zero-order chi connectivity index (χ0) is 18.0. The zero-order valence-electron chi connectivity index (χ0n) is 16.2. The Hall–Kier alpha value is -0.830. The maximum Gasteiger partial charge on any atom is 0.333 e. The van der Waals surface area contributed by atoms with Crippen LogP contribution >= 0.6 is 0 Å². The Bertz CT molecular complexity index is 479. The highest BCUT2D eigenvalue weighted by atomic mass is 16.5. The molecule has 4 unspecified atom stereocenters. The Kier molecular flexibility index (Phi) is 6.17. The van der Waals surface area contributed by atoms with Crippen molar-refractivity contribution in [3.8, 4) is 0 Å². The van der Waals surface area contributed by atoms with Gasteiger partial charge in [0.15, 0.2) is 0 Å². The van der Waals surface area contributed by atoms with E-state index in [0.29, 0.717) is 17.3 Å². The van der Waals surface area contributed by atoms with E-state index in [0.717, 1.165) is 31.3 Å². The lowest BCUT2D eigenvalue weighted by atomic mass is 9.48. The van der Waals surface area contributed by atoms with E-state index >= 15 is 0 Å². The molecule has 2 rings (SSSR count). The van der Waals surface area contributed by atoms with Crippen LogP contribution in [0.3, 0.4) is 0 Å². The van der Waals surface area contributed by atoms with Crippen LogP contribution in [0.2, 0.25) is 0 Å². The number of fused-ring (bicyclic) bond motifs is 1. The molecule has 0 amide bonds. The molecular formula is C21H36O3. The van der Waals surface area contributed by atoms with Gasteiger partial charge in [0, 0.05) is 12.2 Å². The van der Waals surface area contributed by atoms with Crippen molar-refractivity contribution >= 4 is 5.97 Å². The molecule has 3 nitrogen and oxygen atoms in total. The Labute approximate surface area is 147 Å². The largest absolute Gasteiger partial charge is 0.466 e. The van der Waals surface area contributed by atoms with Gasteiger partial charge in [0.05, 0.1) is 7.11 Å². The van der Waals surface area contributed by atoms with Crippen molar-refractivity contribution in [1.29, 1.82) is 0 Å². The van der Waals surface area contributed by atoms with Crippen LogP contribution in [0.4, 0.5) is 0 Å². The van der Waals surface area contributed by atoms with Crippen molar-refractivity contribution in [3.63, 3.8) is 0 Å². The van der Waals surface area contributed by atoms with E-state index in [1.165, 1.54) is 26.4 Å². The molecule has 138 valence electrons. The Morgan fingerprint density at radius 2 is 2.04 bits per heavy atom. The fraction of sp³-hybridized carbons (Fsp3) is 0.857. The molecule has 2 aliphatic rings. The minimum Gasteiger partial charge on any atom is -0.466 e.